The van der Waals surface area contributed by atoms with Crippen LogP contribution in [0.15, 0.2) is 4.99 Å². The highest BCUT2D eigenvalue weighted by Crippen LogP contribution is 2.00. The van der Waals surface area contributed by atoms with E-state index in [0.29, 0.717) is 6.42 Å². The Morgan fingerprint density at radius 2 is 1.90 bits per heavy atom. The van der Waals surface area contributed by atoms with Crippen LogP contribution < -0.4 is 16.4 Å². The van der Waals surface area contributed by atoms with Crippen LogP contribution >= 0.6 is 0 Å². The largest absolute Gasteiger partial charge is 0.480 e. The molecule has 21 heavy (non-hydrogen) atoms. The summed E-state index contributed by atoms with van der Waals surface area (Å²) in [4.78, 5) is 36.6. The molecule has 1 amide bonds. The quantitative estimate of drug-likeness (QED) is 0.159. The number of carbonyl (C=O) groups is 3. The van der Waals surface area contributed by atoms with Gasteiger partial charge in [-0.1, -0.05) is 0 Å². The molecule has 2 atom stereocenters. The molecule has 0 aliphatic heterocycles. The Hall–Kier alpha value is -2.16. The number of carboxylic acids is 1. The number of nitrogens with two attached hydrogens (primary N) is 1. The standard InChI is InChI=1S/C12H22N4O5/c1-7(17)12(3,21)16-11(13)14-6-4-5-9(10(19)20)15-8(2)18/h9,21H,4-6H2,1-3H3,(H,15,18)(H,19,20)(H3,13,14,16)/t9-,12?/m0/s1. The first-order chi connectivity index (χ1) is 9.56. The van der Waals surface area contributed by atoms with E-state index in [9.17, 15) is 19.5 Å². The van der Waals surface area contributed by atoms with Crippen LogP contribution in [-0.4, -0.2) is 52.1 Å². The number of guanidine groups is 1. The molecule has 9 nitrogen and oxygen atoms in total. The van der Waals surface area contributed by atoms with Crippen molar-refractivity contribution in [2.45, 2.75) is 45.4 Å². The summed E-state index contributed by atoms with van der Waals surface area (Å²) in [7, 11) is 0. The molecule has 0 fully saturated rings. The molecule has 9 heteroatoms. The molecule has 0 aliphatic rings. The van der Waals surface area contributed by atoms with Crippen molar-refractivity contribution in [2.24, 2.45) is 10.7 Å². The molecule has 6 N–H and O–H groups in total. The zero-order valence-corrected chi connectivity index (χ0v) is 12.3. The number of Topliss-reactive ketones (excluding diaryl/α,β-unsaturated/α-hetero) is 1. The number of carboxylic acid groups (broad SMARTS) is 1. The van der Waals surface area contributed by atoms with Gasteiger partial charge in [-0.3, -0.25) is 14.6 Å². The van der Waals surface area contributed by atoms with Crippen LogP contribution in [0.5, 0.6) is 0 Å². The van der Waals surface area contributed by atoms with Gasteiger partial charge >= 0.3 is 5.97 Å². The fraction of sp³-hybridized carbons (Fsp3) is 0.667. The normalized spacial score (nSPS) is 15.7. The first kappa shape index (κ1) is 18.8. The van der Waals surface area contributed by atoms with E-state index in [0.717, 1.165) is 0 Å². The van der Waals surface area contributed by atoms with Gasteiger partial charge in [-0.2, -0.15) is 0 Å². The average Bonchev–Trinajstić information content (AvgIpc) is 2.31. The summed E-state index contributed by atoms with van der Waals surface area (Å²) >= 11 is 0. The maximum Gasteiger partial charge on any atom is 0.326 e. The van der Waals surface area contributed by atoms with Crippen LogP contribution in [0.2, 0.25) is 0 Å². The minimum Gasteiger partial charge on any atom is -0.480 e. The molecule has 0 aromatic carbocycles. The third-order valence-electron chi connectivity index (χ3n) is 2.67. The number of rotatable bonds is 8. The highest BCUT2D eigenvalue weighted by Gasteiger charge is 2.26. The number of nitrogens with one attached hydrogen (secondary N) is 2. The van der Waals surface area contributed by atoms with Crippen molar-refractivity contribution in [1.29, 1.82) is 0 Å². The number of carbonyl (C=O) groups excluding carboxylic acids is 2. The summed E-state index contributed by atoms with van der Waals surface area (Å²) in [5, 5.41) is 23.2. The zero-order chi connectivity index (χ0) is 16.6. The van der Waals surface area contributed by atoms with Crippen molar-refractivity contribution in [1.82, 2.24) is 10.6 Å². The number of nitrogens with zero attached hydrogens (tertiary/aromatic N) is 1. The molecule has 0 saturated heterocycles. The zero-order valence-electron chi connectivity index (χ0n) is 12.3. The molecule has 0 aliphatic carbocycles. The van der Waals surface area contributed by atoms with Crippen LogP contribution in [-0.2, 0) is 14.4 Å². The molecule has 0 spiro atoms. The molecule has 0 rings (SSSR count). The number of hydrogen-bond acceptors (Lipinski definition) is 5. The first-order valence-corrected chi connectivity index (χ1v) is 6.37. The van der Waals surface area contributed by atoms with E-state index in [1.807, 2.05) is 0 Å². The molecular formula is C12H22N4O5. The molecule has 0 saturated carbocycles. The number of aliphatic imine (C=N–C) groups is 1. The predicted molar refractivity (Wildman–Crippen MR) is 75.4 cm³/mol. The molecule has 0 aromatic heterocycles. The molecular weight excluding hydrogens is 280 g/mol. The van der Waals surface area contributed by atoms with Gasteiger partial charge in [0.15, 0.2) is 17.5 Å². The SMILES string of the molecule is CC(=O)N[C@@H](CCCN=C(N)NC(C)(O)C(C)=O)C(=O)O. The van der Waals surface area contributed by atoms with Crippen molar-refractivity contribution in [3.05, 3.63) is 0 Å². The fourth-order valence-electron chi connectivity index (χ4n) is 1.37. The van der Waals surface area contributed by atoms with Gasteiger partial charge in [0.2, 0.25) is 5.91 Å². The van der Waals surface area contributed by atoms with Crippen molar-refractivity contribution < 1.29 is 24.6 Å². The van der Waals surface area contributed by atoms with E-state index in [1.54, 1.807) is 0 Å². The van der Waals surface area contributed by atoms with E-state index < -0.39 is 29.4 Å². The van der Waals surface area contributed by atoms with Crippen LogP contribution in [0.25, 0.3) is 0 Å². The summed E-state index contributed by atoms with van der Waals surface area (Å²) in [6.45, 7) is 3.87. The second kappa shape index (κ2) is 8.20. The highest BCUT2D eigenvalue weighted by atomic mass is 16.4. The fourth-order valence-corrected chi connectivity index (χ4v) is 1.37. The lowest BCUT2D eigenvalue weighted by Gasteiger charge is -2.21. The molecule has 0 aromatic rings. The topological polar surface area (TPSA) is 154 Å². The van der Waals surface area contributed by atoms with E-state index in [4.69, 9.17) is 10.8 Å². The maximum atomic E-state index is 11.1. The third-order valence-corrected chi connectivity index (χ3v) is 2.67. The minimum atomic E-state index is -1.80. The second-order valence-electron chi connectivity index (χ2n) is 4.75. The molecule has 1 unspecified atom stereocenters. The Kier molecular flexibility index (Phi) is 7.36. The van der Waals surface area contributed by atoms with Gasteiger partial charge in [0, 0.05) is 13.5 Å². The van der Waals surface area contributed by atoms with E-state index in [-0.39, 0.29) is 18.9 Å². The Bertz CT molecular complexity index is 433. The summed E-state index contributed by atoms with van der Waals surface area (Å²) in [6.07, 6.45) is 0.552. The first-order valence-electron chi connectivity index (χ1n) is 6.37. The third kappa shape index (κ3) is 7.88. The molecule has 120 valence electrons. The van der Waals surface area contributed by atoms with Crippen molar-refractivity contribution in [3.8, 4) is 0 Å². The lowest BCUT2D eigenvalue weighted by Crippen LogP contribution is -2.53. The minimum absolute atomic E-state index is 0.124. The molecule has 0 heterocycles. The van der Waals surface area contributed by atoms with E-state index in [1.165, 1.54) is 20.8 Å². The van der Waals surface area contributed by atoms with Crippen molar-refractivity contribution in [3.63, 3.8) is 0 Å². The summed E-state index contributed by atoms with van der Waals surface area (Å²) in [5.41, 5.74) is 3.70. The van der Waals surface area contributed by atoms with Gasteiger partial charge in [-0.15, -0.1) is 0 Å². The van der Waals surface area contributed by atoms with Crippen LogP contribution in [0.3, 0.4) is 0 Å². The summed E-state index contributed by atoms with van der Waals surface area (Å²) in [6, 6.07) is -0.979. The highest BCUT2D eigenvalue weighted by molar-refractivity contribution is 5.89. The number of amides is 1. The van der Waals surface area contributed by atoms with Crippen LogP contribution in [0.1, 0.15) is 33.6 Å². The molecule has 0 bridgehead atoms. The number of ketones is 1. The molecule has 0 radical (unpaired) electrons. The average molecular weight is 302 g/mol. The lowest BCUT2D eigenvalue weighted by atomic mass is 10.1. The van der Waals surface area contributed by atoms with Gasteiger partial charge in [-0.25, -0.2) is 4.79 Å². The van der Waals surface area contributed by atoms with Crippen molar-refractivity contribution >= 4 is 23.6 Å². The van der Waals surface area contributed by atoms with Crippen LogP contribution in [0.4, 0.5) is 0 Å². The van der Waals surface area contributed by atoms with Crippen molar-refractivity contribution in [2.75, 3.05) is 6.54 Å². The second-order valence-corrected chi connectivity index (χ2v) is 4.75. The smallest absolute Gasteiger partial charge is 0.326 e. The Morgan fingerprint density at radius 1 is 1.33 bits per heavy atom. The van der Waals surface area contributed by atoms with Gasteiger partial charge in [0.05, 0.1) is 0 Å². The van der Waals surface area contributed by atoms with Gasteiger partial charge in [0.1, 0.15) is 6.04 Å². The predicted octanol–water partition coefficient (Wildman–Crippen LogP) is -1.44. The Morgan fingerprint density at radius 3 is 2.33 bits per heavy atom. The number of aliphatic hydroxyl groups is 1. The number of aliphatic carboxylic acids is 1. The van der Waals surface area contributed by atoms with Gasteiger partial charge in [-0.05, 0) is 26.7 Å². The Labute approximate surface area is 122 Å². The van der Waals surface area contributed by atoms with Gasteiger partial charge in [0.25, 0.3) is 0 Å². The monoisotopic (exact) mass is 302 g/mol. The number of hydrogen-bond donors (Lipinski definition) is 5. The van der Waals surface area contributed by atoms with Gasteiger partial charge < -0.3 is 26.6 Å². The summed E-state index contributed by atoms with van der Waals surface area (Å²) < 4.78 is 0. The maximum absolute atomic E-state index is 11.1. The lowest BCUT2D eigenvalue weighted by molar-refractivity contribution is -0.141. The van der Waals surface area contributed by atoms with Crippen LogP contribution in [0, 0.1) is 0 Å². The van der Waals surface area contributed by atoms with E-state index in [2.05, 4.69) is 15.6 Å². The summed E-state index contributed by atoms with van der Waals surface area (Å²) in [5.74, 6) is -2.19. The Balaban J connectivity index is 4.28. The van der Waals surface area contributed by atoms with E-state index >= 15 is 0 Å².